The van der Waals surface area contributed by atoms with Crippen LogP contribution in [0.4, 0.5) is 4.79 Å². The quantitative estimate of drug-likeness (QED) is 0.766. The van der Waals surface area contributed by atoms with Crippen LogP contribution in [0.5, 0.6) is 5.75 Å². The van der Waals surface area contributed by atoms with E-state index in [2.05, 4.69) is 10.6 Å². The third kappa shape index (κ3) is 4.49. The fourth-order valence-corrected chi connectivity index (χ4v) is 2.03. The molecule has 2 rings (SSSR count). The van der Waals surface area contributed by atoms with Gasteiger partial charge in [-0.2, -0.15) is 0 Å². The molecule has 3 N–H and O–H groups in total. The monoisotopic (exact) mass is 300 g/mol. The highest BCUT2D eigenvalue weighted by Gasteiger charge is 2.04. The van der Waals surface area contributed by atoms with Crippen LogP contribution in [-0.2, 0) is 19.7 Å². The van der Waals surface area contributed by atoms with Crippen molar-refractivity contribution in [1.29, 1.82) is 0 Å². The van der Waals surface area contributed by atoms with Crippen LogP contribution in [0.15, 0.2) is 48.5 Å². The fourth-order valence-electron chi connectivity index (χ4n) is 2.03. The number of para-hydroxylation sites is 1. The number of rotatable bonds is 6. The van der Waals surface area contributed by atoms with E-state index in [0.717, 1.165) is 22.4 Å². The molecule has 0 saturated carbocycles. The van der Waals surface area contributed by atoms with Gasteiger partial charge in [0, 0.05) is 18.7 Å². The number of aliphatic hydroxyl groups excluding tert-OH is 1. The van der Waals surface area contributed by atoms with E-state index in [9.17, 15) is 4.79 Å². The van der Waals surface area contributed by atoms with Crippen LogP contribution in [0.2, 0.25) is 0 Å². The molecule has 22 heavy (non-hydrogen) atoms. The van der Waals surface area contributed by atoms with Gasteiger partial charge in [-0.25, -0.2) is 4.79 Å². The van der Waals surface area contributed by atoms with E-state index in [4.69, 9.17) is 9.84 Å². The molecule has 2 amide bonds. The summed E-state index contributed by atoms with van der Waals surface area (Å²) in [6.45, 7) is 0.857. The number of carbonyl (C=O) groups excluding carboxylic acids is 1. The van der Waals surface area contributed by atoms with E-state index in [1.807, 2.05) is 48.5 Å². The second kappa shape index (κ2) is 8.05. The Hall–Kier alpha value is -2.53. The topological polar surface area (TPSA) is 70.6 Å². The molecule has 0 aliphatic rings. The van der Waals surface area contributed by atoms with Crippen molar-refractivity contribution >= 4 is 6.03 Å². The lowest BCUT2D eigenvalue weighted by Crippen LogP contribution is -2.34. The Labute approximate surface area is 129 Å². The van der Waals surface area contributed by atoms with Crippen LogP contribution in [0.1, 0.15) is 16.7 Å². The molecule has 0 atom stereocenters. The average molecular weight is 300 g/mol. The lowest BCUT2D eigenvalue weighted by Gasteiger charge is -2.10. The molecule has 2 aromatic carbocycles. The number of aliphatic hydroxyl groups is 1. The molecule has 0 aliphatic carbocycles. The van der Waals surface area contributed by atoms with Gasteiger partial charge in [0.2, 0.25) is 0 Å². The average Bonchev–Trinajstić information content (AvgIpc) is 2.58. The van der Waals surface area contributed by atoms with Crippen molar-refractivity contribution in [3.8, 4) is 5.75 Å². The summed E-state index contributed by atoms with van der Waals surface area (Å²) in [5.74, 6) is 0.752. The van der Waals surface area contributed by atoms with Crippen molar-refractivity contribution in [3.05, 3.63) is 65.2 Å². The summed E-state index contributed by atoms with van der Waals surface area (Å²) in [6.07, 6.45) is 0. The molecular weight excluding hydrogens is 280 g/mol. The summed E-state index contributed by atoms with van der Waals surface area (Å²) in [5, 5.41) is 14.6. The van der Waals surface area contributed by atoms with Gasteiger partial charge in [-0.3, -0.25) is 0 Å². The van der Waals surface area contributed by atoms with Crippen LogP contribution in [-0.4, -0.2) is 18.2 Å². The third-order valence-corrected chi connectivity index (χ3v) is 3.29. The van der Waals surface area contributed by atoms with Crippen molar-refractivity contribution in [2.75, 3.05) is 7.11 Å². The number of hydrogen-bond donors (Lipinski definition) is 3. The maximum atomic E-state index is 11.8. The molecule has 0 fully saturated rings. The predicted molar refractivity (Wildman–Crippen MR) is 84.4 cm³/mol. The number of amides is 2. The molecule has 0 bridgehead atoms. The second-order valence-electron chi connectivity index (χ2n) is 4.82. The first kappa shape index (κ1) is 15.9. The summed E-state index contributed by atoms with van der Waals surface area (Å²) < 4.78 is 5.24. The number of urea groups is 1. The van der Waals surface area contributed by atoms with Gasteiger partial charge in [0.05, 0.1) is 13.7 Å². The lowest BCUT2D eigenvalue weighted by atomic mass is 10.1. The van der Waals surface area contributed by atoms with Gasteiger partial charge >= 0.3 is 6.03 Å². The fraction of sp³-hybridized carbons (Fsp3) is 0.235. The number of ether oxygens (including phenoxy) is 1. The minimum atomic E-state index is -0.239. The number of methoxy groups -OCH3 is 1. The molecule has 0 heterocycles. The van der Waals surface area contributed by atoms with Crippen LogP contribution < -0.4 is 15.4 Å². The van der Waals surface area contributed by atoms with E-state index in [0.29, 0.717) is 13.1 Å². The van der Waals surface area contributed by atoms with Crippen LogP contribution in [0.25, 0.3) is 0 Å². The minimum absolute atomic E-state index is 0.0209. The second-order valence-corrected chi connectivity index (χ2v) is 4.82. The Morgan fingerprint density at radius 3 is 2.32 bits per heavy atom. The molecular formula is C17H20N2O3. The predicted octanol–water partition coefficient (Wildman–Crippen LogP) is 2.19. The number of hydrogen-bond acceptors (Lipinski definition) is 3. The van der Waals surface area contributed by atoms with E-state index < -0.39 is 0 Å². The third-order valence-electron chi connectivity index (χ3n) is 3.29. The summed E-state index contributed by atoms with van der Waals surface area (Å²) in [5.41, 5.74) is 2.75. The highest BCUT2D eigenvalue weighted by atomic mass is 16.5. The molecule has 2 aromatic rings. The normalized spacial score (nSPS) is 10.1. The summed E-state index contributed by atoms with van der Waals surface area (Å²) >= 11 is 0. The van der Waals surface area contributed by atoms with Gasteiger partial charge in [0.25, 0.3) is 0 Å². The van der Waals surface area contributed by atoms with Crippen LogP contribution >= 0.6 is 0 Å². The summed E-state index contributed by atoms with van der Waals surface area (Å²) in [6, 6.07) is 14.8. The van der Waals surface area contributed by atoms with E-state index in [-0.39, 0.29) is 12.6 Å². The number of benzene rings is 2. The Morgan fingerprint density at radius 1 is 1.00 bits per heavy atom. The van der Waals surface area contributed by atoms with Gasteiger partial charge in [-0.1, -0.05) is 42.5 Å². The largest absolute Gasteiger partial charge is 0.496 e. The first-order valence-corrected chi connectivity index (χ1v) is 7.05. The van der Waals surface area contributed by atoms with Gasteiger partial charge < -0.3 is 20.5 Å². The lowest BCUT2D eigenvalue weighted by molar-refractivity contribution is 0.240. The maximum absolute atomic E-state index is 11.8. The Balaban J connectivity index is 1.80. The maximum Gasteiger partial charge on any atom is 0.315 e. The van der Waals surface area contributed by atoms with Crippen molar-refractivity contribution < 1.29 is 14.6 Å². The Morgan fingerprint density at radius 2 is 1.64 bits per heavy atom. The molecule has 5 nitrogen and oxygen atoms in total. The summed E-state index contributed by atoms with van der Waals surface area (Å²) in [7, 11) is 1.61. The zero-order valence-electron chi connectivity index (χ0n) is 12.5. The van der Waals surface area contributed by atoms with Crippen molar-refractivity contribution in [3.63, 3.8) is 0 Å². The van der Waals surface area contributed by atoms with E-state index >= 15 is 0 Å². The summed E-state index contributed by atoms with van der Waals surface area (Å²) in [4.78, 5) is 11.8. The van der Waals surface area contributed by atoms with Gasteiger partial charge in [-0.15, -0.1) is 0 Å². The molecule has 0 saturated heterocycles. The van der Waals surface area contributed by atoms with Crippen molar-refractivity contribution in [2.45, 2.75) is 19.7 Å². The van der Waals surface area contributed by atoms with E-state index in [1.54, 1.807) is 7.11 Å². The highest BCUT2D eigenvalue weighted by Crippen LogP contribution is 2.16. The van der Waals surface area contributed by atoms with Crippen LogP contribution in [0.3, 0.4) is 0 Å². The first-order chi connectivity index (χ1) is 10.7. The number of nitrogens with one attached hydrogen (secondary N) is 2. The Bertz CT molecular complexity index is 612. The zero-order chi connectivity index (χ0) is 15.8. The smallest absolute Gasteiger partial charge is 0.315 e. The first-order valence-electron chi connectivity index (χ1n) is 7.05. The van der Waals surface area contributed by atoms with Crippen LogP contribution in [0, 0.1) is 0 Å². The molecule has 0 spiro atoms. The molecule has 0 aromatic heterocycles. The standard InChI is InChI=1S/C17H20N2O3/c1-22-16-5-3-2-4-15(16)11-19-17(21)18-10-13-6-8-14(12-20)9-7-13/h2-9,20H,10-12H2,1H3,(H2,18,19,21). The zero-order valence-corrected chi connectivity index (χ0v) is 12.5. The molecule has 0 unspecified atom stereocenters. The van der Waals surface area contributed by atoms with Gasteiger partial charge in [-0.05, 0) is 17.2 Å². The van der Waals surface area contributed by atoms with E-state index in [1.165, 1.54) is 0 Å². The minimum Gasteiger partial charge on any atom is -0.496 e. The SMILES string of the molecule is COc1ccccc1CNC(=O)NCc1ccc(CO)cc1. The molecule has 0 radical (unpaired) electrons. The Kier molecular flexibility index (Phi) is 5.80. The number of carbonyl (C=O) groups is 1. The van der Waals surface area contributed by atoms with Crippen molar-refractivity contribution in [2.24, 2.45) is 0 Å². The van der Waals surface area contributed by atoms with Gasteiger partial charge in [0.15, 0.2) is 0 Å². The molecule has 116 valence electrons. The van der Waals surface area contributed by atoms with Gasteiger partial charge in [0.1, 0.15) is 5.75 Å². The highest BCUT2D eigenvalue weighted by molar-refractivity contribution is 5.73. The molecule has 5 heteroatoms. The molecule has 0 aliphatic heterocycles. The van der Waals surface area contributed by atoms with Crippen molar-refractivity contribution in [1.82, 2.24) is 10.6 Å².